The summed E-state index contributed by atoms with van der Waals surface area (Å²) >= 11 is 0.802. The van der Waals surface area contributed by atoms with Gasteiger partial charge in [0.1, 0.15) is 5.75 Å². The molecule has 1 fully saturated rings. The standard InChI is InChI=1S/C24H17NO4S/c26-20-12-6-16(7-13-20)14-22-23(28)25(24(29)30-22)15-21(27)19-10-8-18(9-11-19)17-4-2-1-3-5-17/h1-14,26H,15H2/b22-14-. The average Bonchev–Trinajstić information content (AvgIpc) is 3.03. The number of aromatic hydroxyl groups is 1. The number of imide groups is 1. The molecule has 5 nitrogen and oxygen atoms in total. The molecule has 3 aromatic carbocycles. The van der Waals surface area contributed by atoms with Gasteiger partial charge in [-0.25, -0.2) is 0 Å². The van der Waals surface area contributed by atoms with Gasteiger partial charge in [-0.3, -0.25) is 19.3 Å². The fourth-order valence-corrected chi connectivity index (χ4v) is 3.91. The summed E-state index contributed by atoms with van der Waals surface area (Å²) in [7, 11) is 0. The molecule has 30 heavy (non-hydrogen) atoms. The van der Waals surface area contributed by atoms with Crippen molar-refractivity contribution in [1.29, 1.82) is 0 Å². The van der Waals surface area contributed by atoms with Gasteiger partial charge in [0, 0.05) is 5.56 Å². The van der Waals surface area contributed by atoms with Crippen LogP contribution in [0.2, 0.25) is 0 Å². The van der Waals surface area contributed by atoms with Gasteiger partial charge in [0.25, 0.3) is 11.1 Å². The van der Waals surface area contributed by atoms with E-state index in [1.807, 2.05) is 42.5 Å². The third-order valence-electron chi connectivity index (χ3n) is 4.68. The highest BCUT2D eigenvalue weighted by molar-refractivity contribution is 8.18. The fourth-order valence-electron chi connectivity index (χ4n) is 3.07. The number of carbonyl (C=O) groups is 3. The summed E-state index contributed by atoms with van der Waals surface area (Å²) in [5, 5.41) is 8.88. The van der Waals surface area contributed by atoms with E-state index in [1.54, 1.807) is 30.3 Å². The number of rotatable bonds is 5. The van der Waals surface area contributed by atoms with E-state index >= 15 is 0 Å². The second kappa shape index (κ2) is 8.39. The molecule has 0 saturated carbocycles. The van der Waals surface area contributed by atoms with E-state index in [9.17, 15) is 19.5 Å². The molecule has 2 amide bonds. The van der Waals surface area contributed by atoms with Gasteiger partial charge in [-0.15, -0.1) is 0 Å². The Morgan fingerprint density at radius 1 is 0.867 bits per heavy atom. The van der Waals surface area contributed by atoms with Crippen molar-refractivity contribution in [3.63, 3.8) is 0 Å². The number of nitrogens with zero attached hydrogens (tertiary/aromatic N) is 1. The molecule has 0 atom stereocenters. The van der Waals surface area contributed by atoms with Gasteiger partial charge in [0.05, 0.1) is 11.4 Å². The number of phenolic OH excluding ortho intramolecular Hbond substituents is 1. The highest BCUT2D eigenvalue weighted by Crippen LogP contribution is 2.32. The van der Waals surface area contributed by atoms with Gasteiger partial charge in [-0.1, -0.05) is 66.7 Å². The number of hydrogen-bond donors (Lipinski definition) is 1. The molecular formula is C24H17NO4S. The van der Waals surface area contributed by atoms with Crippen LogP contribution in [0.1, 0.15) is 15.9 Å². The molecule has 1 heterocycles. The van der Waals surface area contributed by atoms with Crippen LogP contribution in [0.15, 0.2) is 83.8 Å². The van der Waals surface area contributed by atoms with Crippen LogP contribution in [-0.4, -0.2) is 33.5 Å². The molecule has 0 aromatic heterocycles. The van der Waals surface area contributed by atoms with Crippen molar-refractivity contribution < 1.29 is 19.5 Å². The summed E-state index contributed by atoms with van der Waals surface area (Å²) < 4.78 is 0. The van der Waals surface area contributed by atoms with E-state index in [2.05, 4.69) is 0 Å². The van der Waals surface area contributed by atoms with Crippen LogP contribution >= 0.6 is 11.8 Å². The van der Waals surface area contributed by atoms with Crippen molar-refractivity contribution in [3.05, 3.63) is 94.9 Å². The first-order chi connectivity index (χ1) is 14.5. The van der Waals surface area contributed by atoms with Gasteiger partial charge < -0.3 is 5.11 Å². The predicted octanol–water partition coefficient (Wildman–Crippen LogP) is 4.98. The number of carbonyl (C=O) groups excluding carboxylic acids is 3. The van der Waals surface area contributed by atoms with E-state index in [0.717, 1.165) is 27.8 Å². The lowest BCUT2D eigenvalue weighted by Gasteiger charge is -2.11. The van der Waals surface area contributed by atoms with Gasteiger partial charge in [0.15, 0.2) is 5.78 Å². The third kappa shape index (κ3) is 4.18. The zero-order chi connectivity index (χ0) is 21.1. The van der Waals surface area contributed by atoms with Crippen LogP contribution in [0.5, 0.6) is 5.75 Å². The predicted molar refractivity (Wildman–Crippen MR) is 117 cm³/mol. The molecule has 1 N–H and O–H groups in total. The minimum atomic E-state index is -0.493. The quantitative estimate of drug-likeness (QED) is 0.470. The first-order valence-corrected chi connectivity index (χ1v) is 10.1. The molecule has 0 radical (unpaired) electrons. The normalized spacial score (nSPS) is 15.1. The Morgan fingerprint density at radius 3 is 2.17 bits per heavy atom. The molecule has 0 aliphatic carbocycles. The molecule has 148 valence electrons. The molecule has 0 unspecified atom stereocenters. The molecule has 1 saturated heterocycles. The van der Waals surface area contributed by atoms with Crippen LogP contribution in [0, 0.1) is 0 Å². The van der Waals surface area contributed by atoms with Crippen LogP contribution in [0.4, 0.5) is 4.79 Å². The summed E-state index contributed by atoms with van der Waals surface area (Å²) in [4.78, 5) is 38.7. The van der Waals surface area contributed by atoms with Crippen LogP contribution in [0.3, 0.4) is 0 Å². The molecule has 0 spiro atoms. The zero-order valence-electron chi connectivity index (χ0n) is 15.8. The Kier molecular flexibility index (Phi) is 5.50. The number of Topliss-reactive ketones (excluding diaryl/α,β-unsaturated/α-hetero) is 1. The molecule has 1 aliphatic heterocycles. The molecule has 3 aromatic rings. The number of benzene rings is 3. The summed E-state index contributed by atoms with van der Waals surface area (Å²) in [5.41, 5.74) is 3.15. The Balaban J connectivity index is 1.47. The Morgan fingerprint density at radius 2 is 1.50 bits per heavy atom. The molecular weight excluding hydrogens is 398 g/mol. The number of thioether (sulfide) groups is 1. The fraction of sp³-hybridized carbons (Fsp3) is 0.0417. The minimum absolute atomic E-state index is 0.115. The first kappa shape index (κ1) is 19.7. The van der Waals surface area contributed by atoms with Crippen molar-refractivity contribution in [2.45, 2.75) is 0 Å². The van der Waals surface area contributed by atoms with Crippen LogP contribution in [-0.2, 0) is 4.79 Å². The van der Waals surface area contributed by atoms with E-state index in [0.29, 0.717) is 11.1 Å². The largest absolute Gasteiger partial charge is 0.508 e. The number of phenols is 1. The maximum Gasteiger partial charge on any atom is 0.293 e. The third-order valence-corrected chi connectivity index (χ3v) is 5.59. The Labute approximate surface area is 177 Å². The molecule has 6 heteroatoms. The summed E-state index contributed by atoms with van der Waals surface area (Å²) in [6, 6.07) is 23.2. The summed E-state index contributed by atoms with van der Waals surface area (Å²) in [6.07, 6.45) is 1.57. The summed E-state index contributed by atoms with van der Waals surface area (Å²) in [5.74, 6) is -0.681. The van der Waals surface area contributed by atoms with Crippen molar-refractivity contribution in [1.82, 2.24) is 4.90 Å². The monoisotopic (exact) mass is 415 g/mol. The lowest BCUT2D eigenvalue weighted by atomic mass is 10.0. The number of amides is 2. The smallest absolute Gasteiger partial charge is 0.293 e. The summed E-state index contributed by atoms with van der Waals surface area (Å²) in [6.45, 7) is -0.303. The van der Waals surface area contributed by atoms with Crippen molar-refractivity contribution >= 4 is 34.8 Å². The van der Waals surface area contributed by atoms with Crippen molar-refractivity contribution in [2.75, 3.05) is 6.54 Å². The van der Waals surface area contributed by atoms with Gasteiger partial charge in [-0.2, -0.15) is 0 Å². The molecule has 4 rings (SSSR count). The lowest BCUT2D eigenvalue weighted by Crippen LogP contribution is -2.33. The highest BCUT2D eigenvalue weighted by atomic mass is 32.2. The van der Waals surface area contributed by atoms with Gasteiger partial charge >= 0.3 is 0 Å². The second-order valence-corrected chi connectivity index (χ2v) is 7.72. The first-order valence-electron chi connectivity index (χ1n) is 9.24. The minimum Gasteiger partial charge on any atom is -0.508 e. The second-order valence-electron chi connectivity index (χ2n) is 6.73. The topological polar surface area (TPSA) is 74.7 Å². The van der Waals surface area contributed by atoms with E-state index in [4.69, 9.17) is 0 Å². The van der Waals surface area contributed by atoms with E-state index in [-0.39, 0.29) is 23.0 Å². The highest BCUT2D eigenvalue weighted by Gasteiger charge is 2.36. The maximum atomic E-state index is 12.6. The van der Waals surface area contributed by atoms with E-state index in [1.165, 1.54) is 12.1 Å². The SMILES string of the molecule is O=C(CN1C(=O)S/C(=C\c2ccc(O)cc2)C1=O)c1ccc(-c2ccccc2)cc1. The van der Waals surface area contributed by atoms with Crippen molar-refractivity contribution in [2.24, 2.45) is 0 Å². The van der Waals surface area contributed by atoms with Crippen LogP contribution in [0.25, 0.3) is 17.2 Å². The Bertz CT molecular complexity index is 1140. The lowest BCUT2D eigenvalue weighted by molar-refractivity contribution is -0.122. The molecule has 1 aliphatic rings. The molecule has 0 bridgehead atoms. The van der Waals surface area contributed by atoms with Gasteiger partial charge in [0.2, 0.25) is 0 Å². The van der Waals surface area contributed by atoms with Gasteiger partial charge in [-0.05, 0) is 46.7 Å². The van der Waals surface area contributed by atoms with E-state index < -0.39 is 11.1 Å². The zero-order valence-corrected chi connectivity index (χ0v) is 16.6. The van der Waals surface area contributed by atoms with Crippen molar-refractivity contribution in [3.8, 4) is 16.9 Å². The Hall–Kier alpha value is -3.64. The number of hydrogen-bond acceptors (Lipinski definition) is 5. The number of ketones is 1. The maximum absolute atomic E-state index is 12.6. The van der Waals surface area contributed by atoms with Crippen LogP contribution < -0.4 is 0 Å². The average molecular weight is 415 g/mol.